The normalized spacial score (nSPS) is 13.4. The van der Waals surface area contributed by atoms with Crippen molar-refractivity contribution < 1.29 is 4.42 Å². The van der Waals surface area contributed by atoms with Gasteiger partial charge in [0, 0.05) is 5.92 Å². The Morgan fingerprint density at radius 3 is 3.00 bits per heavy atom. The Morgan fingerprint density at radius 2 is 2.50 bits per heavy atom. The maximum Gasteiger partial charge on any atom is 0.180 e. The van der Waals surface area contributed by atoms with E-state index in [2.05, 4.69) is 18.8 Å². The molecule has 0 saturated carbocycles. The molecule has 0 amide bonds. The molecule has 1 aromatic heterocycles. The highest BCUT2D eigenvalue weighted by molar-refractivity contribution is 4.95. The fourth-order valence-corrected chi connectivity index (χ4v) is 1.04. The van der Waals surface area contributed by atoms with Crippen LogP contribution in [0.15, 0.2) is 17.0 Å². The Balaban J connectivity index is 2.50. The minimum atomic E-state index is 0.521. The highest BCUT2D eigenvalue weighted by Crippen LogP contribution is 2.18. The minimum absolute atomic E-state index is 0.521. The lowest BCUT2D eigenvalue weighted by molar-refractivity contribution is 0.456. The smallest absolute Gasteiger partial charge is 0.180 e. The zero-order valence-corrected chi connectivity index (χ0v) is 6.50. The van der Waals surface area contributed by atoms with Crippen molar-refractivity contribution in [2.45, 2.75) is 32.6 Å². The Hall–Kier alpha value is -0.790. The molecular weight excluding hydrogens is 126 g/mol. The molecule has 0 radical (unpaired) electrons. The Labute approximate surface area is 61.3 Å². The molecule has 0 spiro atoms. The quantitative estimate of drug-likeness (QED) is 0.643. The van der Waals surface area contributed by atoms with Gasteiger partial charge < -0.3 is 4.42 Å². The monoisotopic (exact) mass is 139 g/mol. The number of nitrogens with zero attached hydrogens (tertiary/aromatic N) is 1. The Morgan fingerprint density at radius 1 is 1.70 bits per heavy atom. The minimum Gasteiger partial charge on any atom is -0.448 e. The van der Waals surface area contributed by atoms with Crippen molar-refractivity contribution in [3.8, 4) is 0 Å². The van der Waals surface area contributed by atoms with Crippen molar-refractivity contribution in [3.05, 3.63) is 18.4 Å². The van der Waals surface area contributed by atoms with Crippen LogP contribution in [-0.4, -0.2) is 4.98 Å². The van der Waals surface area contributed by atoms with E-state index in [0.717, 1.165) is 5.76 Å². The Bertz CT molecular complexity index is 169. The molecule has 2 nitrogen and oxygen atoms in total. The predicted molar refractivity (Wildman–Crippen MR) is 39.8 cm³/mol. The standard InChI is InChI=1S/C8H13NO/c1-3-4-7(2)8-5-9-6-10-8/h5-7H,3-4H2,1-2H3. The van der Waals surface area contributed by atoms with Crippen molar-refractivity contribution >= 4 is 0 Å². The first-order valence-corrected chi connectivity index (χ1v) is 3.73. The van der Waals surface area contributed by atoms with Crippen molar-refractivity contribution in [2.24, 2.45) is 0 Å². The van der Waals surface area contributed by atoms with Gasteiger partial charge in [-0.15, -0.1) is 0 Å². The van der Waals surface area contributed by atoms with Gasteiger partial charge in [0.15, 0.2) is 6.39 Å². The van der Waals surface area contributed by atoms with Crippen LogP contribution in [0.5, 0.6) is 0 Å². The second-order valence-electron chi connectivity index (χ2n) is 2.59. The van der Waals surface area contributed by atoms with Gasteiger partial charge >= 0.3 is 0 Å². The number of oxazole rings is 1. The average Bonchev–Trinajstić information content (AvgIpc) is 2.38. The first-order valence-electron chi connectivity index (χ1n) is 3.73. The highest BCUT2D eigenvalue weighted by atomic mass is 16.3. The molecule has 2 heteroatoms. The van der Waals surface area contributed by atoms with Gasteiger partial charge in [-0.1, -0.05) is 20.3 Å². The molecule has 1 atom stereocenters. The van der Waals surface area contributed by atoms with E-state index in [-0.39, 0.29) is 0 Å². The fraction of sp³-hybridized carbons (Fsp3) is 0.625. The molecule has 0 aliphatic rings. The molecule has 0 aliphatic carbocycles. The maximum atomic E-state index is 5.14. The van der Waals surface area contributed by atoms with E-state index in [9.17, 15) is 0 Å². The van der Waals surface area contributed by atoms with Crippen LogP contribution in [-0.2, 0) is 0 Å². The van der Waals surface area contributed by atoms with Crippen molar-refractivity contribution in [2.75, 3.05) is 0 Å². The van der Waals surface area contributed by atoms with Crippen LogP contribution in [0, 0.1) is 0 Å². The van der Waals surface area contributed by atoms with Crippen LogP contribution < -0.4 is 0 Å². The number of hydrogen-bond donors (Lipinski definition) is 0. The lowest BCUT2D eigenvalue weighted by Crippen LogP contribution is -1.88. The van der Waals surface area contributed by atoms with Gasteiger partial charge in [0.05, 0.1) is 6.20 Å². The molecule has 0 N–H and O–H groups in total. The van der Waals surface area contributed by atoms with Crippen LogP contribution in [0.2, 0.25) is 0 Å². The molecular formula is C8H13NO. The van der Waals surface area contributed by atoms with Crippen molar-refractivity contribution in [3.63, 3.8) is 0 Å². The summed E-state index contributed by atoms with van der Waals surface area (Å²) in [6.07, 6.45) is 5.65. The molecule has 1 heterocycles. The summed E-state index contributed by atoms with van der Waals surface area (Å²) >= 11 is 0. The van der Waals surface area contributed by atoms with Crippen LogP contribution in [0.1, 0.15) is 38.4 Å². The lowest BCUT2D eigenvalue weighted by atomic mass is 10.0. The third kappa shape index (κ3) is 1.59. The fourth-order valence-electron chi connectivity index (χ4n) is 1.04. The highest BCUT2D eigenvalue weighted by Gasteiger charge is 2.06. The van der Waals surface area contributed by atoms with Gasteiger partial charge in [-0.2, -0.15) is 0 Å². The van der Waals surface area contributed by atoms with Crippen molar-refractivity contribution in [1.82, 2.24) is 4.98 Å². The topological polar surface area (TPSA) is 26.0 Å². The van der Waals surface area contributed by atoms with Gasteiger partial charge in [0.2, 0.25) is 0 Å². The first-order chi connectivity index (χ1) is 4.84. The number of aromatic nitrogens is 1. The van der Waals surface area contributed by atoms with Gasteiger partial charge in [0.1, 0.15) is 5.76 Å². The third-order valence-corrected chi connectivity index (χ3v) is 1.66. The largest absolute Gasteiger partial charge is 0.448 e. The van der Waals surface area contributed by atoms with E-state index in [4.69, 9.17) is 4.42 Å². The second-order valence-corrected chi connectivity index (χ2v) is 2.59. The molecule has 0 aromatic carbocycles. The van der Waals surface area contributed by atoms with Crippen LogP contribution >= 0.6 is 0 Å². The molecule has 0 fully saturated rings. The van der Waals surface area contributed by atoms with Crippen LogP contribution in [0.25, 0.3) is 0 Å². The number of hydrogen-bond acceptors (Lipinski definition) is 2. The average molecular weight is 139 g/mol. The molecule has 56 valence electrons. The van der Waals surface area contributed by atoms with E-state index in [1.807, 2.05) is 0 Å². The van der Waals surface area contributed by atoms with Crippen LogP contribution in [0.3, 0.4) is 0 Å². The van der Waals surface area contributed by atoms with Gasteiger partial charge in [-0.25, -0.2) is 4.98 Å². The van der Waals surface area contributed by atoms with E-state index in [1.165, 1.54) is 19.2 Å². The van der Waals surface area contributed by atoms with Gasteiger partial charge in [-0.3, -0.25) is 0 Å². The van der Waals surface area contributed by atoms with E-state index in [1.54, 1.807) is 6.20 Å². The zero-order valence-electron chi connectivity index (χ0n) is 6.50. The van der Waals surface area contributed by atoms with Gasteiger partial charge in [0.25, 0.3) is 0 Å². The molecule has 0 saturated heterocycles. The lowest BCUT2D eigenvalue weighted by Gasteiger charge is -2.03. The molecule has 0 bridgehead atoms. The van der Waals surface area contributed by atoms with E-state index in [0.29, 0.717) is 5.92 Å². The zero-order chi connectivity index (χ0) is 7.40. The summed E-state index contributed by atoms with van der Waals surface area (Å²) < 4.78 is 5.14. The summed E-state index contributed by atoms with van der Waals surface area (Å²) in [6.45, 7) is 4.33. The summed E-state index contributed by atoms with van der Waals surface area (Å²) in [5.41, 5.74) is 0. The molecule has 1 aromatic rings. The predicted octanol–water partition coefficient (Wildman–Crippen LogP) is 2.58. The summed E-state index contributed by atoms with van der Waals surface area (Å²) in [5.74, 6) is 1.52. The molecule has 1 rings (SSSR count). The molecule has 10 heavy (non-hydrogen) atoms. The van der Waals surface area contributed by atoms with E-state index < -0.39 is 0 Å². The molecule has 1 unspecified atom stereocenters. The summed E-state index contributed by atoms with van der Waals surface area (Å²) in [7, 11) is 0. The maximum absolute atomic E-state index is 5.14. The summed E-state index contributed by atoms with van der Waals surface area (Å²) in [6, 6.07) is 0. The van der Waals surface area contributed by atoms with Crippen molar-refractivity contribution in [1.29, 1.82) is 0 Å². The Kier molecular flexibility index (Phi) is 2.49. The second kappa shape index (κ2) is 3.40. The SMILES string of the molecule is CCCC(C)c1cnco1. The summed E-state index contributed by atoms with van der Waals surface area (Å²) in [5, 5.41) is 0. The van der Waals surface area contributed by atoms with Crippen LogP contribution in [0.4, 0.5) is 0 Å². The number of rotatable bonds is 3. The summed E-state index contributed by atoms with van der Waals surface area (Å²) in [4.78, 5) is 3.86. The van der Waals surface area contributed by atoms with E-state index >= 15 is 0 Å². The van der Waals surface area contributed by atoms with Gasteiger partial charge in [-0.05, 0) is 6.42 Å². The first kappa shape index (κ1) is 7.32. The third-order valence-electron chi connectivity index (χ3n) is 1.66. The molecule has 0 aliphatic heterocycles.